The summed E-state index contributed by atoms with van der Waals surface area (Å²) < 4.78 is 16.2. The Kier molecular flexibility index (Phi) is 6.69. The second kappa shape index (κ2) is 8.97. The Hall–Kier alpha value is -2.69. The van der Waals surface area contributed by atoms with Gasteiger partial charge in [-0.3, -0.25) is 4.79 Å². The van der Waals surface area contributed by atoms with Crippen molar-refractivity contribution in [1.29, 1.82) is 0 Å². The van der Waals surface area contributed by atoms with E-state index in [9.17, 15) is 4.79 Å². The summed E-state index contributed by atoms with van der Waals surface area (Å²) in [4.78, 5) is 12.3. The highest BCUT2D eigenvalue weighted by Gasteiger charge is 2.13. The van der Waals surface area contributed by atoms with Crippen LogP contribution in [0.1, 0.15) is 31.7 Å². The monoisotopic (exact) mass is 343 g/mol. The van der Waals surface area contributed by atoms with Crippen molar-refractivity contribution in [3.05, 3.63) is 48.0 Å². The SMILES string of the molecule is CC[C@H](C)c1ccccc1OCC(=O)Nc1cc(OC)ccc1OC. The lowest BCUT2D eigenvalue weighted by Gasteiger charge is -2.16. The van der Waals surface area contributed by atoms with Crippen LogP contribution in [0.5, 0.6) is 17.2 Å². The molecule has 2 aromatic rings. The zero-order chi connectivity index (χ0) is 18.2. The summed E-state index contributed by atoms with van der Waals surface area (Å²) >= 11 is 0. The van der Waals surface area contributed by atoms with E-state index < -0.39 is 0 Å². The first-order valence-corrected chi connectivity index (χ1v) is 8.32. The molecular formula is C20H25NO4. The number of para-hydroxylation sites is 1. The van der Waals surface area contributed by atoms with Gasteiger partial charge < -0.3 is 19.5 Å². The van der Waals surface area contributed by atoms with E-state index in [1.165, 1.54) is 0 Å². The lowest BCUT2D eigenvalue weighted by Crippen LogP contribution is -2.21. The predicted molar refractivity (Wildman–Crippen MR) is 98.8 cm³/mol. The average molecular weight is 343 g/mol. The molecule has 0 aliphatic rings. The van der Waals surface area contributed by atoms with Crippen LogP contribution in [0.25, 0.3) is 0 Å². The maximum atomic E-state index is 12.3. The minimum atomic E-state index is -0.259. The Labute approximate surface area is 148 Å². The molecule has 0 aliphatic heterocycles. The summed E-state index contributed by atoms with van der Waals surface area (Å²) in [5.74, 6) is 2.06. The van der Waals surface area contributed by atoms with Gasteiger partial charge >= 0.3 is 0 Å². The molecule has 0 aromatic heterocycles. The molecule has 0 aliphatic carbocycles. The first-order chi connectivity index (χ1) is 12.1. The van der Waals surface area contributed by atoms with Crippen LogP contribution in [0.2, 0.25) is 0 Å². The molecule has 1 N–H and O–H groups in total. The third-order valence-corrected chi connectivity index (χ3v) is 4.10. The van der Waals surface area contributed by atoms with E-state index in [1.807, 2.05) is 24.3 Å². The van der Waals surface area contributed by atoms with Gasteiger partial charge in [-0.1, -0.05) is 32.0 Å². The fourth-order valence-electron chi connectivity index (χ4n) is 2.48. The Morgan fingerprint density at radius 2 is 1.84 bits per heavy atom. The molecule has 0 unspecified atom stereocenters. The summed E-state index contributed by atoms with van der Waals surface area (Å²) in [6, 6.07) is 13.0. The molecule has 0 bridgehead atoms. The van der Waals surface area contributed by atoms with Gasteiger partial charge in [0, 0.05) is 6.07 Å². The molecule has 2 aromatic carbocycles. The van der Waals surface area contributed by atoms with Gasteiger partial charge in [-0.25, -0.2) is 0 Å². The summed E-state index contributed by atoms with van der Waals surface area (Å²) in [7, 11) is 3.12. The third-order valence-electron chi connectivity index (χ3n) is 4.10. The third kappa shape index (κ3) is 4.89. The standard InChI is InChI=1S/C20H25NO4/c1-5-14(2)16-8-6-7-9-18(16)25-13-20(22)21-17-12-15(23-3)10-11-19(17)24-4/h6-12,14H,5,13H2,1-4H3,(H,21,22)/t14-/m0/s1. The summed E-state index contributed by atoms with van der Waals surface area (Å²) in [6.07, 6.45) is 1.01. The molecule has 0 spiro atoms. The number of hydrogen-bond acceptors (Lipinski definition) is 4. The molecule has 1 amide bonds. The zero-order valence-corrected chi connectivity index (χ0v) is 15.2. The van der Waals surface area contributed by atoms with Crippen molar-refractivity contribution in [2.75, 3.05) is 26.1 Å². The van der Waals surface area contributed by atoms with Gasteiger partial charge in [-0.2, -0.15) is 0 Å². The Morgan fingerprint density at radius 1 is 1.08 bits per heavy atom. The second-order valence-corrected chi connectivity index (χ2v) is 5.75. The molecule has 0 heterocycles. The fourth-order valence-corrected chi connectivity index (χ4v) is 2.48. The normalized spacial score (nSPS) is 11.5. The van der Waals surface area contributed by atoms with Crippen molar-refractivity contribution in [3.63, 3.8) is 0 Å². The largest absolute Gasteiger partial charge is 0.497 e. The number of carbonyl (C=O) groups excluding carboxylic acids is 1. The van der Waals surface area contributed by atoms with E-state index >= 15 is 0 Å². The highest BCUT2D eigenvalue weighted by Crippen LogP contribution is 2.30. The Morgan fingerprint density at radius 3 is 2.52 bits per heavy atom. The number of rotatable bonds is 8. The van der Waals surface area contributed by atoms with E-state index in [-0.39, 0.29) is 12.5 Å². The highest BCUT2D eigenvalue weighted by molar-refractivity contribution is 5.93. The molecule has 0 saturated heterocycles. The van der Waals surface area contributed by atoms with Crippen LogP contribution in [-0.4, -0.2) is 26.7 Å². The Balaban J connectivity index is 2.05. The van der Waals surface area contributed by atoms with E-state index in [0.717, 1.165) is 17.7 Å². The quantitative estimate of drug-likeness (QED) is 0.779. The minimum absolute atomic E-state index is 0.0756. The van der Waals surface area contributed by atoms with Gasteiger partial charge in [-0.05, 0) is 36.1 Å². The van der Waals surface area contributed by atoms with E-state index in [1.54, 1.807) is 32.4 Å². The number of benzene rings is 2. The summed E-state index contributed by atoms with van der Waals surface area (Å²) in [6.45, 7) is 4.19. The van der Waals surface area contributed by atoms with E-state index in [4.69, 9.17) is 14.2 Å². The van der Waals surface area contributed by atoms with Crippen molar-refractivity contribution < 1.29 is 19.0 Å². The number of amides is 1. The molecule has 1 atom stereocenters. The van der Waals surface area contributed by atoms with E-state index in [0.29, 0.717) is 23.1 Å². The smallest absolute Gasteiger partial charge is 0.262 e. The van der Waals surface area contributed by atoms with Crippen LogP contribution >= 0.6 is 0 Å². The number of ether oxygens (including phenoxy) is 3. The number of anilines is 1. The van der Waals surface area contributed by atoms with Crippen LogP contribution in [0.3, 0.4) is 0 Å². The first kappa shape index (κ1) is 18.6. The van der Waals surface area contributed by atoms with Crippen LogP contribution < -0.4 is 19.5 Å². The maximum absolute atomic E-state index is 12.3. The van der Waals surface area contributed by atoms with Crippen molar-refractivity contribution >= 4 is 11.6 Å². The van der Waals surface area contributed by atoms with E-state index in [2.05, 4.69) is 19.2 Å². The highest BCUT2D eigenvalue weighted by atomic mass is 16.5. The second-order valence-electron chi connectivity index (χ2n) is 5.75. The van der Waals surface area contributed by atoms with Gasteiger partial charge in [0.15, 0.2) is 6.61 Å². The number of methoxy groups -OCH3 is 2. The molecule has 25 heavy (non-hydrogen) atoms. The van der Waals surface area contributed by atoms with Gasteiger partial charge in [0.05, 0.1) is 19.9 Å². The molecular weight excluding hydrogens is 318 g/mol. The molecule has 5 nitrogen and oxygen atoms in total. The molecule has 0 saturated carbocycles. The zero-order valence-electron chi connectivity index (χ0n) is 15.2. The lowest BCUT2D eigenvalue weighted by molar-refractivity contribution is -0.118. The minimum Gasteiger partial charge on any atom is -0.497 e. The predicted octanol–water partition coefficient (Wildman–Crippen LogP) is 4.23. The van der Waals surface area contributed by atoms with Crippen LogP contribution in [0, 0.1) is 0 Å². The first-order valence-electron chi connectivity index (χ1n) is 8.32. The number of hydrogen-bond donors (Lipinski definition) is 1. The fraction of sp³-hybridized carbons (Fsp3) is 0.350. The summed E-state index contributed by atoms with van der Waals surface area (Å²) in [5.41, 5.74) is 1.66. The Bertz CT molecular complexity index is 715. The topological polar surface area (TPSA) is 56.8 Å². The molecule has 134 valence electrons. The van der Waals surface area contributed by atoms with Gasteiger partial charge in [0.1, 0.15) is 17.2 Å². The molecule has 0 radical (unpaired) electrons. The van der Waals surface area contributed by atoms with Crippen molar-refractivity contribution in [1.82, 2.24) is 0 Å². The number of carbonyl (C=O) groups is 1. The average Bonchev–Trinajstić information content (AvgIpc) is 2.65. The maximum Gasteiger partial charge on any atom is 0.262 e. The van der Waals surface area contributed by atoms with Crippen LogP contribution in [0.15, 0.2) is 42.5 Å². The van der Waals surface area contributed by atoms with Gasteiger partial charge in [0.2, 0.25) is 0 Å². The van der Waals surface area contributed by atoms with Gasteiger partial charge in [-0.15, -0.1) is 0 Å². The van der Waals surface area contributed by atoms with Gasteiger partial charge in [0.25, 0.3) is 5.91 Å². The molecule has 2 rings (SSSR count). The molecule has 0 fully saturated rings. The van der Waals surface area contributed by atoms with Crippen LogP contribution in [0.4, 0.5) is 5.69 Å². The van der Waals surface area contributed by atoms with Crippen LogP contribution in [-0.2, 0) is 4.79 Å². The summed E-state index contributed by atoms with van der Waals surface area (Å²) in [5, 5.41) is 2.80. The van der Waals surface area contributed by atoms with Crippen molar-refractivity contribution in [2.24, 2.45) is 0 Å². The number of nitrogens with one attached hydrogen (secondary N) is 1. The lowest BCUT2D eigenvalue weighted by atomic mass is 9.98. The van der Waals surface area contributed by atoms with Crippen molar-refractivity contribution in [3.8, 4) is 17.2 Å². The molecule has 5 heteroatoms. The van der Waals surface area contributed by atoms with Crippen molar-refractivity contribution in [2.45, 2.75) is 26.2 Å².